The smallest absolute Gasteiger partial charge is 0.194 e. The number of nitrogens with zero attached hydrogens (tertiary/aromatic N) is 1. The molecule has 1 rings (SSSR count). The van der Waals surface area contributed by atoms with Gasteiger partial charge in [-0.15, -0.1) is 0 Å². The summed E-state index contributed by atoms with van der Waals surface area (Å²) in [6.45, 7) is 3.83. The zero-order chi connectivity index (χ0) is 9.90. The molecule has 13 heavy (non-hydrogen) atoms. The summed E-state index contributed by atoms with van der Waals surface area (Å²) in [7, 11) is 0. The highest BCUT2D eigenvalue weighted by Gasteiger charge is 2.21. The lowest BCUT2D eigenvalue weighted by atomic mass is 10.1. The van der Waals surface area contributed by atoms with Crippen LogP contribution in [0.5, 0.6) is 0 Å². The Morgan fingerprint density at radius 1 is 1.31 bits per heavy atom. The molecule has 1 heterocycles. The molecule has 0 aliphatic carbocycles. The number of alkyl halides is 3. The predicted molar refractivity (Wildman–Crippen MR) is 58.2 cm³/mol. The summed E-state index contributed by atoms with van der Waals surface area (Å²) in [5.41, 5.74) is 1.74. The number of hydrogen-bond donors (Lipinski definition) is 0. The van der Waals surface area contributed by atoms with Gasteiger partial charge in [-0.3, -0.25) is 4.98 Å². The van der Waals surface area contributed by atoms with Gasteiger partial charge in [-0.05, 0) is 23.3 Å². The highest BCUT2D eigenvalue weighted by atomic mass is 35.6. The molecular weight excluding hydrogens is 228 g/mol. The van der Waals surface area contributed by atoms with Crippen LogP contribution in [0.15, 0.2) is 31.1 Å². The van der Waals surface area contributed by atoms with Crippen LogP contribution in [-0.2, 0) is 0 Å². The highest BCUT2D eigenvalue weighted by molar-refractivity contribution is 6.67. The molecule has 0 N–H and O–H groups in total. The quantitative estimate of drug-likeness (QED) is 0.711. The van der Waals surface area contributed by atoms with Crippen molar-refractivity contribution in [2.75, 3.05) is 0 Å². The van der Waals surface area contributed by atoms with Crippen LogP contribution in [-0.4, -0.2) is 8.78 Å². The average molecular weight is 237 g/mol. The molecule has 4 heteroatoms. The van der Waals surface area contributed by atoms with Gasteiger partial charge in [0.25, 0.3) is 0 Å². The molecule has 0 aliphatic heterocycles. The van der Waals surface area contributed by atoms with Gasteiger partial charge in [0.2, 0.25) is 0 Å². The van der Waals surface area contributed by atoms with Gasteiger partial charge in [0.15, 0.2) is 3.79 Å². The summed E-state index contributed by atoms with van der Waals surface area (Å²) < 4.78 is -1.28. The zero-order valence-electron chi connectivity index (χ0n) is 6.80. The first-order valence-electron chi connectivity index (χ1n) is 3.64. The number of pyridine rings is 1. The lowest BCUT2D eigenvalue weighted by molar-refractivity contribution is 1.09. The van der Waals surface area contributed by atoms with Crippen molar-refractivity contribution in [2.45, 2.75) is 10.2 Å². The maximum Gasteiger partial charge on any atom is 0.194 e. The van der Waals surface area contributed by atoms with Crippen LogP contribution in [0.4, 0.5) is 0 Å². The van der Waals surface area contributed by atoms with Crippen molar-refractivity contribution in [2.24, 2.45) is 0 Å². The number of hydrogen-bond acceptors (Lipinski definition) is 1. The molecule has 0 unspecified atom stereocenters. The van der Waals surface area contributed by atoms with Crippen molar-refractivity contribution < 1.29 is 0 Å². The molecule has 70 valence electrons. The Kier molecular flexibility index (Phi) is 3.60. The van der Waals surface area contributed by atoms with E-state index in [4.69, 9.17) is 34.8 Å². The van der Waals surface area contributed by atoms with E-state index in [-0.39, 0.29) is 0 Å². The Hall–Kier alpha value is -0.240. The van der Waals surface area contributed by atoms with Gasteiger partial charge in [0.05, 0.1) is 0 Å². The van der Waals surface area contributed by atoms with Crippen LogP contribution in [0.1, 0.15) is 12.0 Å². The second-order valence-corrected chi connectivity index (χ2v) is 5.15. The minimum absolute atomic E-state index is 0.321. The summed E-state index contributed by atoms with van der Waals surface area (Å²) >= 11 is 16.9. The van der Waals surface area contributed by atoms with Crippen LogP contribution in [0.25, 0.3) is 5.57 Å². The third kappa shape index (κ3) is 3.99. The molecule has 0 bridgehead atoms. The van der Waals surface area contributed by atoms with Crippen LogP contribution in [0.2, 0.25) is 0 Å². The first-order chi connectivity index (χ1) is 5.99. The number of halogens is 3. The van der Waals surface area contributed by atoms with E-state index in [0.29, 0.717) is 6.42 Å². The van der Waals surface area contributed by atoms with Crippen LogP contribution < -0.4 is 0 Å². The van der Waals surface area contributed by atoms with Crippen molar-refractivity contribution >= 4 is 40.4 Å². The van der Waals surface area contributed by atoms with Crippen molar-refractivity contribution in [3.8, 4) is 0 Å². The Labute approximate surface area is 92.3 Å². The Morgan fingerprint density at radius 2 is 1.85 bits per heavy atom. The Bertz CT molecular complexity index is 289. The lowest BCUT2D eigenvalue weighted by Gasteiger charge is -2.12. The zero-order valence-corrected chi connectivity index (χ0v) is 9.07. The Morgan fingerprint density at radius 3 is 2.31 bits per heavy atom. The summed E-state index contributed by atoms with van der Waals surface area (Å²) in [5.74, 6) is 0. The molecule has 0 aliphatic rings. The molecular formula is C9H8Cl3N. The first-order valence-corrected chi connectivity index (χ1v) is 4.77. The molecule has 0 saturated heterocycles. The van der Waals surface area contributed by atoms with Crippen molar-refractivity contribution in [3.63, 3.8) is 0 Å². The molecule has 0 spiro atoms. The Balaban J connectivity index is 2.71. The van der Waals surface area contributed by atoms with E-state index in [9.17, 15) is 0 Å². The third-order valence-electron chi connectivity index (χ3n) is 1.50. The van der Waals surface area contributed by atoms with E-state index in [1.54, 1.807) is 12.4 Å². The first kappa shape index (κ1) is 10.8. The van der Waals surface area contributed by atoms with Gasteiger partial charge < -0.3 is 0 Å². The molecule has 0 saturated carbocycles. The van der Waals surface area contributed by atoms with Crippen molar-refractivity contribution in [3.05, 3.63) is 36.7 Å². The number of rotatable bonds is 2. The second kappa shape index (κ2) is 4.32. The topological polar surface area (TPSA) is 12.9 Å². The number of allylic oxidation sites excluding steroid dienone is 1. The fourth-order valence-electron chi connectivity index (χ4n) is 0.932. The fourth-order valence-corrected chi connectivity index (χ4v) is 1.42. The van der Waals surface area contributed by atoms with Crippen LogP contribution in [0.3, 0.4) is 0 Å². The largest absolute Gasteiger partial charge is 0.265 e. The van der Waals surface area contributed by atoms with Crippen molar-refractivity contribution in [1.82, 2.24) is 4.98 Å². The monoisotopic (exact) mass is 235 g/mol. The highest BCUT2D eigenvalue weighted by Crippen LogP contribution is 2.35. The average Bonchev–Trinajstić information content (AvgIpc) is 2.03. The van der Waals surface area contributed by atoms with Gasteiger partial charge in [-0.25, -0.2) is 0 Å². The molecule has 0 atom stereocenters. The standard InChI is InChI=1S/C9H8Cl3N/c1-7(6-9(10,11)12)8-2-4-13-5-3-8/h2-5H,1,6H2. The van der Waals surface area contributed by atoms with Crippen LogP contribution >= 0.6 is 34.8 Å². The van der Waals surface area contributed by atoms with Gasteiger partial charge in [-0.1, -0.05) is 41.4 Å². The molecule has 0 aromatic carbocycles. The van der Waals surface area contributed by atoms with Gasteiger partial charge in [0.1, 0.15) is 0 Å². The molecule has 0 amide bonds. The fraction of sp³-hybridized carbons (Fsp3) is 0.222. The molecule has 1 aromatic heterocycles. The minimum Gasteiger partial charge on any atom is -0.265 e. The molecule has 1 nitrogen and oxygen atoms in total. The predicted octanol–water partition coefficient (Wildman–Crippen LogP) is 3.86. The van der Waals surface area contributed by atoms with E-state index in [1.165, 1.54) is 0 Å². The summed E-state index contributed by atoms with van der Waals surface area (Å²) in [5, 5.41) is 0. The molecule has 1 aromatic rings. The summed E-state index contributed by atoms with van der Waals surface area (Å²) in [6, 6.07) is 3.66. The summed E-state index contributed by atoms with van der Waals surface area (Å²) in [6.07, 6.45) is 3.68. The van der Waals surface area contributed by atoms with E-state index in [1.807, 2.05) is 12.1 Å². The maximum atomic E-state index is 5.63. The van der Waals surface area contributed by atoms with E-state index >= 15 is 0 Å². The van der Waals surface area contributed by atoms with Crippen molar-refractivity contribution in [1.29, 1.82) is 0 Å². The van der Waals surface area contributed by atoms with Gasteiger partial charge >= 0.3 is 0 Å². The van der Waals surface area contributed by atoms with E-state index in [0.717, 1.165) is 11.1 Å². The van der Waals surface area contributed by atoms with Gasteiger partial charge in [-0.2, -0.15) is 0 Å². The third-order valence-corrected chi connectivity index (χ3v) is 1.90. The SMILES string of the molecule is C=C(CC(Cl)(Cl)Cl)c1ccncc1. The van der Waals surface area contributed by atoms with Gasteiger partial charge in [0, 0.05) is 18.8 Å². The second-order valence-electron chi connectivity index (χ2n) is 2.63. The minimum atomic E-state index is -1.28. The summed E-state index contributed by atoms with van der Waals surface area (Å²) in [4.78, 5) is 3.88. The normalized spacial score (nSPS) is 11.3. The maximum absolute atomic E-state index is 5.63. The van der Waals surface area contributed by atoms with E-state index in [2.05, 4.69) is 11.6 Å². The lowest BCUT2D eigenvalue weighted by Crippen LogP contribution is -2.02. The van der Waals surface area contributed by atoms with E-state index < -0.39 is 3.79 Å². The number of aromatic nitrogens is 1. The van der Waals surface area contributed by atoms with Crippen LogP contribution in [0, 0.1) is 0 Å². The molecule has 0 fully saturated rings. The molecule has 0 radical (unpaired) electrons.